The number of rotatable bonds is 11. The highest BCUT2D eigenvalue weighted by Crippen LogP contribution is 2.08. The number of carbonyl (C=O) groups excluding carboxylic acids is 5. The summed E-state index contributed by atoms with van der Waals surface area (Å²) < 4.78 is 0. The minimum absolute atomic E-state index is 0.157. The third kappa shape index (κ3) is 7.71. The maximum Gasteiger partial charge on any atom is 0.326 e. The van der Waals surface area contributed by atoms with Crippen LogP contribution in [0.4, 0.5) is 0 Å². The van der Waals surface area contributed by atoms with Gasteiger partial charge in [0.1, 0.15) is 18.1 Å². The van der Waals surface area contributed by atoms with Gasteiger partial charge in [0.25, 0.3) is 0 Å². The summed E-state index contributed by atoms with van der Waals surface area (Å²) in [4.78, 5) is 68.8. The first kappa shape index (κ1) is 21.9. The lowest BCUT2D eigenvalue weighted by atomic mass is 10.1. The van der Waals surface area contributed by atoms with Gasteiger partial charge in [0, 0.05) is 19.3 Å². The van der Waals surface area contributed by atoms with Gasteiger partial charge in [0.05, 0.1) is 0 Å². The lowest BCUT2D eigenvalue weighted by molar-refractivity contribution is -0.142. The van der Waals surface area contributed by atoms with E-state index in [9.17, 15) is 28.8 Å². The minimum atomic E-state index is -1.40. The SMILES string of the molecule is NC(=O)CCC(NC(=O)C(CCC(N)=O)NC(=O)C1CCC(=O)N1)C(=O)O. The second-order valence-electron chi connectivity index (χ2n) is 6.13. The van der Waals surface area contributed by atoms with E-state index in [1.807, 2.05) is 0 Å². The second kappa shape index (κ2) is 10.1. The molecule has 0 bridgehead atoms. The number of amides is 5. The zero-order chi connectivity index (χ0) is 20.6. The van der Waals surface area contributed by atoms with Crippen LogP contribution in [0, 0.1) is 0 Å². The summed E-state index contributed by atoms with van der Waals surface area (Å²) in [7, 11) is 0. The monoisotopic (exact) mass is 385 g/mol. The van der Waals surface area contributed by atoms with Crippen molar-refractivity contribution in [1.82, 2.24) is 16.0 Å². The Hall–Kier alpha value is -3.18. The predicted molar refractivity (Wildman–Crippen MR) is 89.5 cm³/mol. The third-order valence-electron chi connectivity index (χ3n) is 3.92. The molecule has 1 rings (SSSR count). The molecule has 0 aromatic heterocycles. The maximum absolute atomic E-state index is 12.4. The van der Waals surface area contributed by atoms with Gasteiger partial charge in [-0.15, -0.1) is 0 Å². The van der Waals surface area contributed by atoms with Crippen molar-refractivity contribution in [2.24, 2.45) is 11.5 Å². The molecule has 150 valence electrons. The van der Waals surface area contributed by atoms with Crippen molar-refractivity contribution >= 4 is 35.5 Å². The van der Waals surface area contributed by atoms with Gasteiger partial charge in [-0.3, -0.25) is 24.0 Å². The Morgan fingerprint density at radius 1 is 1.04 bits per heavy atom. The molecule has 8 N–H and O–H groups in total. The van der Waals surface area contributed by atoms with E-state index in [-0.39, 0.29) is 44.4 Å². The summed E-state index contributed by atoms with van der Waals surface area (Å²) in [6, 6.07) is -3.45. The molecule has 1 aliphatic rings. The van der Waals surface area contributed by atoms with Gasteiger partial charge >= 0.3 is 5.97 Å². The first-order valence-corrected chi connectivity index (χ1v) is 8.29. The van der Waals surface area contributed by atoms with Gasteiger partial charge in [-0.2, -0.15) is 0 Å². The number of aliphatic carboxylic acids is 1. The van der Waals surface area contributed by atoms with Crippen LogP contribution in [0.5, 0.6) is 0 Å². The van der Waals surface area contributed by atoms with Crippen molar-refractivity contribution < 1.29 is 33.9 Å². The number of carboxylic acid groups (broad SMARTS) is 1. The quantitative estimate of drug-likeness (QED) is 0.215. The lowest BCUT2D eigenvalue weighted by Gasteiger charge is -2.22. The summed E-state index contributed by atoms with van der Waals surface area (Å²) >= 11 is 0. The number of nitrogens with one attached hydrogen (secondary N) is 3. The molecule has 12 nitrogen and oxygen atoms in total. The fourth-order valence-electron chi connectivity index (χ4n) is 2.45. The third-order valence-corrected chi connectivity index (χ3v) is 3.92. The molecule has 0 aromatic rings. The van der Waals surface area contributed by atoms with Crippen LogP contribution in [0.3, 0.4) is 0 Å². The van der Waals surface area contributed by atoms with Crippen molar-refractivity contribution in [3.63, 3.8) is 0 Å². The molecular formula is C15H23N5O7. The van der Waals surface area contributed by atoms with Crippen molar-refractivity contribution in [2.45, 2.75) is 56.7 Å². The van der Waals surface area contributed by atoms with Gasteiger partial charge < -0.3 is 32.5 Å². The number of hydrogen-bond donors (Lipinski definition) is 6. The molecule has 27 heavy (non-hydrogen) atoms. The highest BCUT2D eigenvalue weighted by molar-refractivity contribution is 5.95. The van der Waals surface area contributed by atoms with E-state index >= 15 is 0 Å². The summed E-state index contributed by atoms with van der Waals surface area (Å²) in [5.41, 5.74) is 10.0. The fraction of sp³-hybridized carbons (Fsp3) is 0.600. The molecule has 3 unspecified atom stereocenters. The Bertz CT molecular complexity index is 636. The summed E-state index contributed by atoms with van der Waals surface area (Å²) in [6.45, 7) is 0. The zero-order valence-corrected chi connectivity index (χ0v) is 14.5. The van der Waals surface area contributed by atoms with Crippen LogP contribution in [-0.2, 0) is 28.8 Å². The molecule has 1 saturated heterocycles. The minimum Gasteiger partial charge on any atom is -0.480 e. The average Bonchev–Trinajstić information content (AvgIpc) is 3.00. The van der Waals surface area contributed by atoms with Crippen LogP contribution in [0.15, 0.2) is 0 Å². The largest absolute Gasteiger partial charge is 0.480 e. The van der Waals surface area contributed by atoms with E-state index in [2.05, 4.69) is 16.0 Å². The topological polar surface area (TPSA) is 211 Å². The number of nitrogens with two attached hydrogens (primary N) is 2. The lowest BCUT2D eigenvalue weighted by Crippen LogP contribution is -2.54. The number of carbonyl (C=O) groups is 6. The maximum atomic E-state index is 12.4. The van der Waals surface area contributed by atoms with Gasteiger partial charge in [-0.25, -0.2) is 4.79 Å². The molecule has 0 spiro atoms. The Morgan fingerprint density at radius 3 is 2.04 bits per heavy atom. The van der Waals surface area contributed by atoms with E-state index in [0.717, 1.165) is 0 Å². The molecule has 1 heterocycles. The molecule has 5 amide bonds. The zero-order valence-electron chi connectivity index (χ0n) is 14.5. The van der Waals surface area contributed by atoms with Gasteiger partial charge in [-0.05, 0) is 19.3 Å². The Morgan fingerprint density at radius 2 is 1.59 bits per heavy atom. The summed E-state index contributed by atoms with van der Waals surface area (Å²) in [6.07, 6.45) is -0.449. The molecule has 0 aromatic carbocycles. The van der Waals surface area contributed by atoms with Gasteiger partial charge in [0.2, 0.25) is 29.5 Å². The molecule has 3 atom stereocenters. The van der Waals surface area contributed by atoms with Crippen LogP contribution in [-0.4, -0.2) is 58.7 Å². The van der Waals surface area contributed by atoms with E-state index < -0.39 is 47.7 Å². The van der Waals surface area contributed by atoms with Crippen LogP contribution < -0.4 is 27.4 Å². The fourth-order valence-corrected chi connectivity index (χ4v) is 2.45. The van der Waals surface area contributed by atoms with Gasteiger partial charge in [-0.1, -0.05) is 0 Å². The summed E-state index contributed by atoms with van der Waals surface area (Å²) in [5.74, 6) is -4.61. The Balaban J connectivity index is 2.77. The smallest absolute Gasteiger partial charge is 0.326 e. The Kier molecular flexibility index (Phi) is 8.17. The molecule has 12 heteroatoms. The van der Waals surface area contributed by atoms with E-state index in [1.54, 1.807) is 0 Å². The standard InChI is InChI=1S/C15H23N5O7/c16-10(21)4-1-8(19-13(24)7-3-6-12(23)18-7)14(25)20-9(15(26)27)2-5-11(17)22/h7-9H,1-6H2,(H2,16,21)(H2,17,22)(H,18,23)(H,19,24)(H,20,25)(H,26,27). The number of hydrogen-bond acceptors (Lipinski definition) is 6. The average molecular weight is 385 g/mol. The van der Waals surface area contributed by atoms with E-state index in [1.165, 1.54) is 0 Å². The van der Waals surface area contributed by atoms with E-state index in [4.69, 9.17) is 16.6 Å². The van der Waals surface area contributed by atoms with Crippen molar-refractivity contribution in [3.05, 3.63) is 0 Å². The van der Waals surface area contributed by atoms with Crippen molar-refractivity contribution in [2.75, 3.05) is 0 Å². The molecule has 0 saturated carbocycles. The predicted octanol–water partition coefficient (Wildman–Crippen LogP) is -3.15. The van der Waals surface area contributed by atoms with Crippen molar-refractivity contribution in [3.8, 4) is 0 Å². The van der Waals surface area contributed by atoms with E-state index in [0.29, 0.717) is 0 Å². The molecule has 1 fully saturated rings. The number of carboxylic acids is 1. The normalized spacial score (nSPS) is 18.1. The first-order valence-electron chi connectivity index (χ1n) is 8.29. The van der Waals surface area contributed by atoms with Gasteiger partial charge in [0.15, 0.2) is 0 Å². The van der Waals surface area contributed by atoms with Crippen molar-refractivity contribution in [1.29, 1.82) is 0 Å². The van der Waals surface area contributed by atoms with Crippen LogP contribution in [0.1, 0.15) is 38.5 Å². The van der Waals surface area contributed by atoms with Crippen LogP contribution in [0.25, 0.3) is 0 Å². The molecule has 0 aliphatic carbocycles. The second-order valence-corrected chi connectivity index (χ2v) is 6.13. The van der Waals surface area contributed by atoms with Crippen LogP contribution >= 0.6 is 0 Å². The molecule has 0 radical (unpaired) electrons. The molecular weight excluding hydrogens is 362 g/mol. The highest BCUT2D eigenvalue weighted by Gasteiger charge is 2.32. The van der Waals surface area contributed by atoms with Crippen LogP contribution in [0.2, 0.25) is 0 Å². The first-order chi connectivity index (χ1) is 12.6. The Labute approximate surface area is 154 Å². The summed E-state index contributed by atoms with van der Waals surface area (Å²) in [5, 5.41) is 16.2. The number of primary amides is 2. The highest BCUT2D eigenvalue weighted by atomic mass is 16.4. The molecule has 1 aliphatic heterocycles.